The van der Waals surface area contributed by atoms with E-state index < -0.39 is 0 Å². The van der Waals surface area contributed by atoms with Crippen LogP contribution in [0.25, 0.3) is 0 Å². The van der Waals surface area contributed by atoms with Crippen molar-refractivity contribution in [3.8, 4) is 0 Å². The Kier molecular flexibility index (Phi) is 39.8. The van der Waals surface area contributed by atoms with Gasteiger partial charge in [0.1, 0.15) is 0 Å². The topological polar surface area (TPSA) is 0 Å². The second-order valence-electron chi connectivity index (χ2n) is 27.6. The van der Waals surface area contributed by atoms with Gasteiger partial charge in [-0.15, -0.1) is 0 Å². The zero-order chi connectivity index (χ0) is 66.1. The Labute approximate surface area is 555 Å². The van der Waals surface area contributed by atoms with Crippen molar-refractivity contribution in [2.24, 2.45) is 11.8 Å². The summed E-state index contributed by atoms with van der Waals surface area (Å²) in [6.45, 7) is 39.2. The lowest BCUT2D eigenvalue weighted by Gasteiger charge is -2.25. The van der Waals surface area contributed by atoms with Gasteiger partial charge >= 0.3 is 0 Å². The Balaban J connectivity index is 0.000000265. The molecular formula is C90H128. The molecule has 12 rings (SSSR count). The molecular weight excluding hydrogens is 1080 g/mol. The summed E-state index contributed by atoms with van der Waals surface area (Å²) in [6.07, 6.45) is 29.1. The van der Waals surface area contributed by atoms with Crippen LogP contribution in [0.4, 0.5) is 0 Å². The summed E-state index contributed by atoms with van der Waals surface area (Å²) in [7, 11) is 0. The number of rotatable bonds is 2. The van der Waals surface area contributed by atoms with E-state index in [9.17, 15) is 0 Å². The second kappa shape index (κ2) is 45.9. The molecule has 0 bridgehead atoms. The maximum atomic E-state index is 2.36. The molecule has 0 N–H and O–H groups in total. The first-order valence-electron chi connectivity index (χ1n) is 35.4. The standard InChI is InChI=1S/C15H22.C14H20.C9H12.3C8H10.2C7H14.2C7H8/c1-11-9-12(2)15(13(3)10-11)14-7-5-4-6-8-14;1-11-8-9-14(12(2)10-11)13-6-4-3-5-7-13;1-7-4-8(2)6-9(3)5-7;1-7-4-3-5-8(2)6-7;2*1-7-5-3-4-6-8(7)2;4*1-7-5-3-2-4-6-7/h9-10,14H,4-8H2,1-3H3;8-10,13H,3-7H2,1-2H3;4-6H,1-3H3;3*3-6H,1-2H3;2*7H,2-6H2,1H3;2*2-6H,1H3. The molecule has 0 aromatic heterocycles. The molecule has 0 amide bonds. The molecule has 0 aliphatic heterocycles. The molecule has 90 heavy (non-hydrogen) atoms. The molecule has 8 aromatic carbocycles. The first-order chi connectivity index (χ1) is 43.1. The van der Waals surface area contributed by atoms with Crippen LogP contribution in [0.3, 0.4) is 0 Å². The van der Waals surface area contributed by atoms with Crippen molar-refractivity contribution in [1.29, 1.82) is 0 Å². The quantitative estimate of drug-likeness (QED) is 0.162. The summed E-state index contributed by atoms with van der Waals surface area (Å²) in [5.41, 5.74) is 25.4. The van der Waals surface area contributed by atoms with E-state index in [1.807, 2.05) is 36.4 Å². The number of benzene rings is 8. The first kappa shape index (κ1) is 78.0. The Morgan fingerprint density at radius 1 is 0.200 bits per heavy atom. The van der Waals surface area contributed by atoms with E-state index in [0.29, 0.717) is 0 Å². The monoisotopic (exact) mass is 1210 g/mol. The fourth-order valence-corrected chi connectivity index (χ4v) is 12.9. The molecule has 0 radical (unpaired) electrons. The molecule has 4 aliphatic rings. The lowest BCUT2D eigenvalue weighted by molar-refractivity contribution is 0.385. The lowest BCUT2D eigenvalue weighted by atomic mass is 9.80. The average molecular weight is 1210 g/mol. The minimum absolute atomic E-state index is 0.847. The van der Waals surface area contributed by atoms with E-state index >= 15 is 0 Å². The molecule has 0 heterocycles. The zero-order valence-corrected chi connectivity index (χ0v) is 60.8. The number of hydrogen-bond acceptors (Lipinski definition) is 0. The molecule has 4 saturated carbocycles. The summed E-state index contributed by atoms with van der Waals surface area (Å²) in [6, 6.07) is 63.9. The molecule has 0 nitrogen and oxygen atoms in total. The van der Waals surface area contributed by atoms with Gasteiger partial charge in [0.25, 0.3) is 0 Å². The minimum atomic E-state index is 0.847. The fourth-order valence-electron chi connectivity index (χ4n) is 12.9. The van der Waals surface area contributed by atoms with E-state index in [1.165, 1.54) is 217 Å². The van der Waals surface area contributed by atoms with Gasteiger partial charge in [-0.3, -0.25) is 0 Å². The summed E-state index contributed by atoms with van der Waals surface area (Å²) >= 11 is 0. The van der Waals surface area contributed by atoms with E-state index in [2.05, 4.69) is 270 Å². The van der Waals surface area contributed by atoms with Crippen molar-refractivity contribution in [1.82, 2.24) is 0 Å². The van der Waals surface area contributed by atoms with Crippen molar-refractivity contribution in [3.05, 3.63) is 282 Å². The van der Waals surface area contributed by atoms with Crippen LogP contribution in [0.5, 0.6) is 0 Å². The summed E-state index contributed by atoms with van der Waals surface area (Å²) in [5, 5.41) is 0. The SMILES string of the molecule is CC1CCCCC1.CC1CCCCC1.Cc1cc(C)c(C2CCCCC2)c(C)c1.Cc1cc(C)cc(C)c1.Cc1ccc(C2CCCCC2)c(C)c1.Cc1cccc(C)c1.Cc1ccccc1.Cc1ccccc1.Cc1ccccc1C.Cc1ccccc1C. The van der Waals surface area contributed by atoms with Gasteiger partial charge in [0.2, 0.25) is 0 Å². The Hall–Kier alpha value is -6.24. The third-order valence-corrected chi connectivity index (χ3v) is 18.3. The molecule has 488 valence electrons. The Morgan fingerprint density at radius 3 is 0.733 bits per heavy atom. The average Bonchev–Trinajstić information content (AvgIpc) is 2.03. The highest BCUT2D eigenvalue weighted by Crippen LogP contribution is 2.37. The maximum absolute atomic E-state index is 2.36. The van der Waals surface area contributed by atoms with Gasteiger partial charge in [0.15, 0.2) is 0 Å². The second-order valence-corrected chi connectivity index (χ2v) is 27.6. The fraction of sp³-hybridized carbons (Fsp3) is 0.467. The molecule has 0 spiro atoms. The van der Waals surface area contributed by atoms with Crippen molar-refractivity contribution in [2.45, 2.75) is 265 Å². The van der Waals surface area contributed by atoms with Gasteiger partial charge in [0.05, 0.1) is 0 Å². The van der Waals surface area contributed by atoms with E-state index in [0.717, 1.165) is 23.7 Å². The van der Waals surface area contributed by atoms with Gasteiger partial charge < -0.3 is 0 Å². The number of aryl methyl sites for hydroxylation is 16. The summed E-state index contributed by atoms with van der Waals surface area (Å²) < 4.78 is 0. The van der Waals surface area contributed by atoms with Crippen molar-refractivity contribution in [3.63, 3.8) is 0 Å². The summed E-state index contributed by atoms with van der Waals surface area (Å²) in [4.78, 5) is 0. The van der Waals surface area contributed by atoms with Crippen LogP contribution >= 0.6 is 0 Å². The normalized spacial score (nSPS) is 14.6. The van der Waals surface area contributed by atoms with Gasteiger partial charge in [-0.05, 0) is 210 Å². The lowest BCUT2D eigenvalue weighted by Crippen LogP contribution is -2.08. The molecule has 0 heteroatoms. The highest BCUT2D eigenvalue weighted by molar-refractivity contribution is 5.40. The molecule has 8 aromatic rings. The van der Waals surface area contributed by atoms with Crippen molar-refractivity contribution >= 4 is 0 Å². The summed E-state index contributed by atoms with van der Waals surface area (Å²) in [5.74, 6) is 3.77. The smallest absolute Gasteiger partial charge is 0.0157 e. The van der Waals surface area contributed by atoms with Crippen LogP contribution in [0, 0.1) is 123 Å². The van der Waals surface area contributed by atoms with E-state index in [1.54, 1.807) is 11.1 Å². The minimum Gasteiger partial charge on any atom is -0.0625 e. The predicted molar refractivity (Wildman–Crippen MR) is 403 cm³/mol. The van der Waals surface area contributed by atoms with Gasteiger partial charge in [-0.25, -0.2) is 0 Å². The van der Waals surface area contributed by atoms with Gasteiger partial charge in [0, 0.05) is 0 Å². The van der Waals surface area contributed by atoms with Gasteiger partial charge in [-0.1, -0.05) is 349 Å². The Bertz CT molecular complexity index is 2860. The molecule has 0 unspecified atom stereocenters. The van der Waals surface area contributed by atoms with Gasteiger partial charge in [-0.2, -0.15) is 0 Å². The zero-order valence-electron chi connectivity index (χ0n) is 60.8. The van der Waals surface area contributed by atoms with Crippen LogP contribution in [0.1, 0.15) is 254 Å². The Morgan fingerprint density at radius 2 is 0.467 bits per heavy atom. The highest BCUT2D eigenvalue weighted by atomic mass is 14.2. The van der Waals surface area contributed by atoms with E-state index in [4.69, 9.17) is 0 Å². The van der Waals surface area contributed by atoms with Crippen LogP contribution in [-0.4, -0.2) is 0 Å². The molecule has 4 fully saturated rings. The van der Waals surface area contributed by atoms with E-state index in [-0.39, 0.29) is 0 Å². The van der Waals surface area contributed by atoms with Crippen LogP contribution in [-0.2, 0) is 0 Å². The molecule has 4 aliphatic carbocycles. The third kappa shape index (κ3) is 35.4. The predicted octanol–water partition coefficient (Wildman–Crippen LogP) is 27.7. The van der Waals surface area contributed by atoms with Crippen molar-refractivity contribution < 1.29 is 0 Å². The highest BCUT2D eigenvalue weighted by Gasteiger charge is 2.19. The third-order valence-electron chi connectivity index (χ3n) is 18.3. The van der Waals surface area contributed by atoms with Crippen LogP contribution in [0.2, 0.25) is 0 Å². The molecule has 0 atom stereocenters. The first-order valence-corrected chi connectivity index (χ1v) is 35.4. The van der Waals surface area contributed by atoms with Crippen molar-refractivity contribution in [2.75, 3.05) is 0 Å². The van der Waals surface area contributed by atoms with Crippen LogP contribution < -0.4 is 0 Å². The maximum Gasteiger partial charge on any atom is -0.0157 e. The number of hydrogen-bond donors (Lipinski definition) is 0. The molecule has 0 saturated heterocycles. The van der Waals surface area contributed by atoms with Crippen LogP contribution in [0.15, 0.2) is 182 Å². The largest absolute Gasteiger partial charge is 0.0625 e.